The maximum absolute atomic E-state index is 5.83. The smallest absolute Gasteiger partial charge is 0.133 e. The van der Waals surface area contributed by atoms with Crippen LogP contribution in [0.4, 0.5) is 5.69 Å². The highest BCUT2D eigenvalue weighted by atomic mass is 79.9. The molecule has 0 fully saturated rings. The van der Waals surface area contributed by atoms with E-state index < -0.39 is 0 Å². The van der Waals surface area contributed by atoms with Crippen molar-refractivity contribution in [3.8, 4) is 5.75 Å². The molecule has 2 aromatic carbocycles. The molecule has 0 unspecified atom stereocenters. The summed E-state index contributed by atoms with van der Waals surface area (Å²) in [7, 11) is 0. The van der Waals surface area contributed by atoms with Crippen LogP contribution in [-0.4, -0.2) is 13.2 Å². The number of hydrogen-bond donors (Lipinski definition) is 1. The van der Waals surface area contributed by atoms with Crippen molar-refractivity contribution in [2.75, 3.05) is 18.5 Å². The largest absolute Gasteiger partial charge is 0.491 e. The van der Waals surface area contributed by atoms with Gasteiger partial charge in [-0.25, -0.2) is 0 Å². The van der Waals surface area contributed by atoms with E-state index >= 15 is 0 Å². The standard InChI is InChI=1S/C15H15BrClNO/c1-11-2-7-15(14(16)10-11)19-9-8-18-13-5-3-12(17)4-6-13/h2-7,10,18H,8-9H2,1H3. The molecule has 0 aliphatic carbocycles. The fourth-order valence-electron chi connectivity index (χ4n) is 1.65. The number of benzene rings is 2. The summed E-state index contributed by atoms with van der Waals surface area (Å²) >= 11 is 9.32. The maximum Gasteiger partial charge on any atom is 0.133 e. The summed E-state index contributed by atoms with van der Waals surface area (Å²) in [4.78, 5) is 0. The summed E-state index contributed by atoms with van der Waals surface area (Å²) in [6, 6.07) is 13.7. The highest BCUT2D eigenvalue weighted by molar-refractivity contribution is 9.10. The average molecular weight is 341 g/mol. The zero-order valence-corrected chi connectivity index (χ0v) is 13.0. The molecular formula is C15H15BrClNO. The summed E-state index contributed by atoms with van der Waals surface area (Å²) in [5, 5.41) is 4.02. The van der Waals surface area contributed by atoms with Crippen LogP contribution in [0.2, 0.25) is 5.02 Å². The SMILES string of the molecule is Cc1ccc(OCCNc2ccc(Cl)cc2)c(Br)c1. The van der Waals surface area contributed by atoms with E-state index in [-0.39, 0.29) is 0 Å². The number of aryl methyl sites for hydroxylation is 1. The van der Waals surface area contributed by atoms with Crippen molar-refractivity contribution in [3.63, 3.8) is 0 Å². The van der Waals surface area contributed by atoms with Crippen molar-refractivity contribution >= 4 is 33.2 Å². The van der Waals surface area contributed by atoms with Crippen LogP contribution in [0.15, 0.2) is 46.9 Å². The Hall–Kier alpha value is -1.19. The van der Waals surface area contributed by atoms with Gasteiger partial charge in [0.25, 0.3) is 0 Å². The molecule has 0 bridgehead atoms. The molecule has 0 aromatic heterocycles. The van der Waals surface area contributed by atoms with Gasteiger partial charge in [-0.15, -0.1) is 0 Å². The summed E-state index contributed by atoms with van der Waals surface area (Å²) in [5.74, 6) is 0.864. The quantitative estimate of drug-likeness (QED) is 0.782. The Morgan fingerprint density at radius 1 is 1.16 bits per heavy atom. The molecule has 0 spiro atoms. The Morgan fingerprint density at radius 2 is 1.89 bits per heavy atom. The average Bonchev–Trinajstić information content (AvgIpc) is 2.39. The van der Waals surface area contributed by atoms with E-state index in [0.29, 0.717) is 6.61 Å². The topological polar surface area (TPSA) is 21.3 Å². The lowest BCUT2D eigenvalue weighted by molar-refractivity contribution is 0.331. The molecule has 0 saturated heterocycles. The lowest BCUT2D eigenvalue weighted by atomic mass is 10.2. The molecule has 4 heteroatoms. The van der Waals surface area contributed by atoms with Crippen LogP contribution in [0.3, 0.4) is 0 Å². The molecule has 100 valence electrons. The summed E-state index contributed by atoms with van der Waals surface area (Å²) in [6.07, 6.45) is 0. The van der Waals surface area contributed by atoms with E-state index in [1.54, 1.807) is 0 Å². The van der Waals surface area contributed by atoms with Crippen LogP contribution in [0.25, 0.3) is 0 Å². The molecule has 0 heterocycles. The van der Waals surface area contributed by atoms with Crippen LogP contribution < -0.4 is 10.1 Å². The van der Waals surface area contributed by atoms with Gasteiger partial charge < -0.3 is 10.1 Å². The predicted molar refractivity (Wildman–Crippen MR) is 84.3 cm³/mol. The minimum Gasteiger partial charge on any atom is -0.491 e. The van der Waals surface area contributed by atoms with Gasteiger partial charge in [-0.2, -0.15) is 0 Å². The second kappa shape index (κ2) is 6.83. The van der Waals surface area contributed by atoms with Crippen molar-refractivity contribution in [2.45, 2.75) is 6.92 Å². The number of ether oxygens (including phenoxy) is 1. The molecule has 0 radical (unpaired) electrons. The van der Waals surface area contributed by atoms with Crippen molar-refractivity contribution in [2.24, 2.45) is 0 Å². The Morgan fingerprint density at radius 3 is 2.58 bits per heavy atom. The van der Waals surface area contributed by atoms with Crippen LogP contribution in [0.5, 0.6) is 5.75 Å². The van der Waals surface area contributed by atoms with Gasteiger partial charge in [0.15, 0.2) is 0 Å². The second-order valence-corrected chi connectivity index (χ2v) is 5.51. The lowest BCUT2D eigenvalue weighted by Gasteiger charge is -2.10. The van der Waals surface area contributed by atoms with E-state index in [1.807, 2.05) is 42.5 Å². The number of halogens is 2. The number of hydrogen-bond acceptors (Lipinski definition) is 2. The molecule has 0 saturated carbocycles. The second-order valence-electron chi connectivity index (χ2n) is 4.22. The maximum atomic E-state index is 5.83. The first-order valence-corrected chi connectivity index (χ1v) is 7.20. The van der Waals surface area contributed by atoms with Crippen molar-refractivity contribution in [3.05, 3.63) is 57.5 Å². The molecule has 0 aliphatic rings. The van der Waals surface area contributed by atoms with Crippen LogP contribution in [-0.2, 0) is 0 Å². The molecule has 0 atom stereocenters. The number of anilines is 1. The third-order valence-electron chi connectivity index (χ3n) is 2.62. The molecule has 0 amide bonds. The number of nitrogens with one attached hydrogen (secondary N) is 1. The zero-order valence-electron chi connectivity index (χ0n) is 10.6. The van der Waals surface area contributed by atoms with Gasteiger partial charge in [-0.1, -0.05) is 17.7 Å². The summed E-state index contributed by atoms with van der Waals surface area (Å²) in [6.45, 7) is 3.39. The van der Waals surface area contributed by atoms with Crippen LogP contribution >= 0.6 is 27.5 Å². The highest BCUT2D eigenvalue weighted by Gasteiger charge is 2.00. The zero-order chi connectivity index (χ0) is 13.7. The molecule has 2 nitrogen and oxygen atoms in total. The fraction of sp³-hybridized carbons (Fsp3) is 0.200. The third-order valence-corrected chi connectivity index (χ3v) is 3.49. The fourth-order valence-corrected chi connectivity index (χ4v) is 2.38. The van der Waals surface area contributed by atoms with E-state index in [2.05, 4.69) is 28.2 Å². The third kappa shape index (κ3) is 4.44. The van der Waals surface area contributed by atoms with E-state index in [0.717, 1.165) is 27.5 Å². The lowest BCUT2D eigenvalue weighted by Crippen LogP contribution is -2.11. The van der Waals surface area contributed by atoms with Crippen molar-refractivity contribution < 1.29 is 4.74 Å². The molecule has 2 rings (SSSR count). The predicted octanol–water partition coefficient (Wildman–Crippen LogP) is 4.90. The summed E-state index contributed by atoms with van der Waals surface area (Å²) in [5.41, 5.74) is 2.24. The minimum absolute atomic E-state index is 0.601. The molecular weight excluding hydrogens is 326 g/mol. The monoisotopic (exact) mass is 339 g/mol. The summed E-state index contributed by atoms with van der Waals surface area (Å²) < 4.78 is 6.69. The van der Waals surface area contributed by atoms with Gasteiger partial charge in [0.05, 0.1) is 4.47 Å². The minimum atomic E-state index is 0.601. The van der Waals surface area contributed by atoms with Gasteiger partial charge in [-0.05, 0) is 64.8 Å². The Labute approximate surface area is 126 Å². The molecule has 19 heavy (non-hydrogen) atoms. The van der Waals surface area contributed by atoms with Gasteiger partial charge in [0, 0.05) is 17.3 Å². The molecule has 0 aliphatic heterocycles. The van der Waals surface area contributed by atoms with Crippen LogP contribution in [0, 0.1) is 6.92 Å². The van der Waals surface area contributed by atoms with Crippen LogP contribution in [0.1, 0.15) is 5.56 Å². The Balaban J connectivity index is 1.79. The Kier molecular flexibility index (Phi) is 5.11. The van der Waals surface area contributed by atoms with Gasteiger partial charge in [0.2, 0.25) is 0 Å². The molecule has 2 aromatic rings. The van der Waals surface area contributed by atoms with Gasteiger partial charge in [-0.3, -0.25) is 0 Å². The number of rotatable bonds is 5. The first-order valence-electron chi connectivity index (χ1n) is 6.03. The Bertz CT molecular complexity index is 542. The van der Waals surface area contributed by atoms with Gasteiger partial charge >= 0.3 is 0 Å². The first kappa shape index (κ1) is 14.2. The van der Waals surface area contributed by atoms with Crippen molar-refractivity contribution in [1.29, 1.82) is 0 Å². The van der Waals surface area contributed by atoms with E-state index in [1.165, 1.54) is 5.56 Å². The van der Waals surface area contributed by atoms with E-state index in [9.17, 15) is 0 Å². The first-order chi connectivity index (χ1) is 9.15. The normalized spacial score (nSPS) is 10.3. The van der Waals surface area contributed by atoms with E-state index in [4.69, 9.17) is 16.3 Å². The molecule has 1 N–H and O–H groups in total. The van der Waals surface area contributed by atoms with Gasteiger partial charge in [0.1, 0.15) is 12.4 Å². The highest BCUT2D eigenvalue weighted by Crippen LogP contribution is 2.25. The van der Waals surface area contributed by atoms with Crippen molar-refractivity contribution in [1.82, 2.24) is 0 Å².